The van der Waals surface area contributed by atoms with Crippen molar-refractivity contribution in [2.24, 2.45) is 0 Å². The van der Waals surface area contributed by atoms with Gasteiger partial charge in [-0.25, -0.2) is 0 Å². The highest BCUT2D eigenvalue weighted by Crippen LogP contribution is 2.22. The van der Waals surface area contributed by atoms with Crippen molar-refractivity contribution in [2.45, 2.75) is 32.3 Å². The van der Waals surface area contributed by atoms with E-state index in [0.717, 1.165) is 18.8 Å². The molecule has 1 aliphatic heterocycles. The van der Waals surface area contributed by atoms with Crippen LogP contribution >= 0.6 is 0 Å². The zero-order valence-electron chi connectivity index (χ0n) is 13.8. The van der Waals surface area contributed by atoms with E-state index in [9.17, 15) is 9.90 Å². The van der Waals surface area contributed by atoms with Gasteiger partial charge in [-0.1, -0.05) is 0 Å². The average molecular weight is 305 g/mol. The Morgan fingerprint density at radius 3 is 2.41 bits per heavy atom. The van der Waals surface area contributed by atoms with Crippen LogP contribution < -0.4 is 10.2 Å². The second-order valence-electron chi connectivity index (χ2n) is 6.77. The summed E-state index contributed by atoms with van der Waals surface area (Å²) in [7, 11) is 1.83. The van der Waals surface area contributed by atoms with Gasteiger partial charge in [0.15, 0.2) is 0 Å². The lowest BCUT2D eigenvalue weighted by molar-refractivity contribution is -0.117. The molecule has 1 aromatic rings. The van der Waals surface area contributed by atoms with Crippen LogP contribution in [-0.2, 0) is 4.79 Å². The van der Waals surface area contributed by atoms with Gasteiger partial charge in [0.2, 0.25) is 5.91 Å². The standard InChI is InChI=1S/C17H27N3O2/c1-17(2,22)13-19(3)12-16(21)18-14-6-8-15(9-7-14)20-10-4-5-11-20/h6-9,22H,4-5,10-13H2,1-3H3,(H,18,21). The van der Waals surface area contributed by atoms with Crippen LogP contribution in [0, 0.1) is 0 Å². The number of carbonyl (C=O) groups is 1. The summed E-state index contributed by atoms with van der Waals surface area (Å²) in [5.41, 5.74) is 1.23. The minimum atomic E-state index is -0.799. The van der Waals surface area contributed by atoms with Crippen molar-refractivity contribution in [1.29, 1.82) is 0 Å². The van der Waals surface area contributed by atoms with Gasteiger partial charge in [0.1, 0.15) is 0 Å². The Labute approximate surface area is 132 Å². The molecule has 0 spiro atoms. The predicted octanol–water partition coefficient (Wildman–Crippen LogP) is 1.93. The van der Waals surface area contributed by atoms with Crippen LogP contribution in [-0.4, -0.2) is 54.7 Å². The third-order valence-electron chi connectivity index (χ3n) is 3.69. The Hall–Kier alpha value is -1.59. The number of anilines is 2. The summed E-state index contributed by atoms with van der Waals surface area (Å²) in [6.45, 7) is 6.42. The van der Waals surface area contributed by atoms with Crippen LogP contribution in [0.5, 0.6) is 0 Å². The first-order valence-electron chi connectivity index (χ1n) is 7.89. The number of hydrogen-bond donors (Lipinski definition) is 2. The van der Waals surface area contributed by atoms with Crippen LogP contribution in [0.3, 0.4) is 0 Å². The molecule has 1 heterocycles. The SMILES string of the molecule is CN(CC(=O)Nc1ccc(N2CCCC2)cc1)CC(C)(C)O. The third-order valence-corrected chi connectivity index (χ3v) is 3.69. The number of likely N-dealkylation sites (N-methyl/N-ethyl adjacent to an activating group) is 1. The van der Waals surface area contributed by atoms with Gasteiger partial charge in [0, 0.05) is 31.0 Å². The largest absolute Gasteiger partial charge is 0.389 e. The maximum Gasteiger partial charge on any atom is 0.238 e. The summed E-state index contributed by atoms with van der Waals surface area (Å²) in [6.07, 6.45) is 2.51. The number of nitrogens with zero attached hydrogens (tertiary/aromatic N) is 2. The Balaban J connectivity index is 1.83. The Bertz CT molecular complexity index is 488. The minimum absolute atomic E-state index is 0.0688. The normalized spacial score (nSPS) is 15.4. The topological polar surface area (TPSA) is 55.8 Å². The van der Waals surface area contributed by atoms with Crippen molar-refractivity contribution in [1.82, 2.24) is 4.90 Å². The van der Waals surface area contributed by atoms with E-state index in [4.69, 9.17) is 0 Å². The van der Waals surface area contributed by atoms with Crippen molar-refractivity contribution in [3.63, 3.8) is 0 Å². The van der Waals surface area contributed by atoms with Crippen molar-refractivity contribution < 1.29 is 9.90 Å². The first-order chi connectivity index (χ1) is 10.3. The number of nitrogens with one attached hydrogen (secondary N) is 1. The van der Waals surface area contributed by atoms with Crippen LogP contribution in [0.25, 0.3) is 0 Å². The zero-order valence-corrected chi connectivity index (χ0v) is 13.8. The van der Waals surface area contributed by atoms with Gasteiger partial charge >= 0.3 is 0 Å². The molecular formula is C17H27N3O2. The number of rotatable bonds is 6. The van der Waals surface area contributed by atoms with Crippen LogP contribution in [0.15, 0.2) is 24.3 Å². The minimum Gasteiger partial charge on any atom is -0.389 e. The van der Waals surface area contributed by atoms with Gasteiger partial charge in [-0.3, -0.25) is 9.69 Å². The molecule has 0 saturated carbocycles. The monoisotopic (exact) mass is 305 g/mol. The second kappa shape index (κ2) is 7.11. The molecule has 0 aliphatic carbocycles. The van der Waals surface area contributed by atoms with Crippen molar-refractivity contribution in [3.8, 4) is 0 Å². The summed E-state index contributed by atoms with van der Waals surface area (Å²) in [5.74, 6) is -0.0688. The van der Waals surface area contributed by atoms with Gasteiger partial charge in [0.05, 0.1) is 12.1 Å². The molecular weight excluding hydrogens is 278 g/mol. The van der Waals surface area contributed by atoms with E-state index in [1.54, 1.807) is 13.8 Å². The average Bonchev–Trinajstić information content (AvgIpc) is 2.90. The fraction of sp³-hybridized carbons (Fsp3) is 0.588. The predicted molar refractivity (Wildman–Crippen MR) is 90.3 cm³/mol. The van der Waals surface area contributed by atoms with Gasteiger partial charge in [-0.2, -0.15) is 0 Å². The van der Waals surface area contributed by atoms with Gasteiger partial charge in [-0.05, 0) is 58.0 Å². The first-order valence-corrected chi connectivity index (χ1v) is 7.89. The number of benzene rings is 1. The van der Waals surface area contributed by atoms with E-state index >= 15 is 0 Å². The molecule has 22 heavy (non-hydrogen) atoms. The van der Waals surface area contributed by atoms with E-state index in [0.29, 0.717) is 6.54 Å². The summed E-state index contributed by atoms with van der Waals surface area (Å²) < 4.78 is 0. The summed E-state index contributed by atoms with van der Waals surface area (Å²) >= 11 is 0. The van der Waals surface area contributed by atoms with E-state index in [1.807, 2.05) is 24.1 Å². The number of carbonyl (C=O) groups excluding carboxylic acids is 1. The number of hydrogen-bond acceptors (Lipinski definition) is 4. The third kappa shape index (κ3) is 5.31. The molecule has 1 fully saturated rings. The highest BCUT2D eigenvalue weighted by atomic mass is 16.3. The Kier molecular flexibility index (Phi) is 5.42. The fourth-order valence-corrected chi connectivity index (χ4v) is 2.89. The smallest absolute Gasteiger partial charge is 0.238 e. The quantitative estimate of drug-likeness (QED) is 0.843. The molecule has 5 heteroatoms. The molecule has 0 aromatic heterocycles. The molecule has 122 valence electrons. The van der Waals surface area contributed by atoms with Crippen molar-refractivity contribution >= 4 is 17.3 Å². The maximum absolute atomic E-state index is 12.0. The molecule has 0 unspecified atom stereocenters. The highest BCUT2D eigenvalue weighted by Gasteiger charge is 2.17. The van der Waals surface area contributed by atoms with Crippen LogP contribution in [0.2, 0.25) is 0 Å². The molecule has 2 rings (SSSR count). The van der Waals surface area contributed by atoms with Gasteiger partial charge in [-0.15, -0.1) is 0 Å². The van der Waals surface area contributed by atoms with Gasteiger partial charge in [0.25, 0.3) is 0 Å². The van der Waals surface area contributed by atoms with Crippen LogP contribution in [0.4, 0.5) is 11.4 Å². The summed E-state index contributed by atoms with van der Waals surface area (Å²) in [5, 5.41) is 12.6. The first kappa shape index (κ1) is 16.8. The van der Waals surface area contributed by atoms with E-state index in [1.165, 1.54) is 18.5 Å². The Morgan fingerprint density at radius 1 is 1.27 bits per heavy atom. The van der Waals surface area contributed by atoms with Crippen LogP contribution in [0.1, 0.15) is 26.7 Å². The highest BCUT2D eigenvalue weighted by molar-refractivity contribution is 5.92. The number of aliphatic hydroxyl groups is 1. The lowest BCUT2D eigenvalue weighted by atomic mass is 10.1. The molecule has 5 nitrogen and oxygen atoms in total. The Morgan fingerprint density at radius 2 is 1.86 bits per heavy atom. The molecule has 0 atom stereocenters. The number of amides is 1. The molecule has 0 bridgehead atoms. The maximum atomic E-state index is 12.0. The lowest BCUT2D eigenvalue weighted by Crippen LogP contribution is -2.40. The van der Waals surface area contributed by atoms with Crippen molar-refractivity contribution in [3.05, 3.63) is 24.3 Å². The fourth-order valence-electron chi connectivity index (χ4n) is 2.89. The lowest BCUT2D eigenvalue weighted by Gasteiger charge is -2.24. The molecule has 1 aliphatic rings. The van der Waals surface area contributed by atoms with E-state index in [2.05, 4.69) is 22.3 Å². The van der Waals surface area contributed by atoms with E-state index in [-0.39, 0.29) is 12.5 Å². The van der Waals surface area contributed by atoms with E-state index < -0.39 is 5.60 Å². The summed E-state index contributed by atoms with van der Waals surface area (Å²) in [4.78, 5) is 16.2. The molecule has 0 radical (unpaired) electrons. The summed E-state index contributed by atoms with van der Waals surface area (Å²) in [6, 6.07) is 8.01. The molecule has 1 saturated heterocycles. The molecule has 2 N–H and O–H groups in total. The molecule has 1 aromatic carbocycles. The second-order valence-corrected chi connectivity index (χ2v) is 6.77. The van der Waals surface area contributed by atoms with Gasteiger partial charge < -0.3 is 15.3 Å². The zero-order chi connectivity index (χ0) is 16.2. The van der Waals surface area contributed by atoms with Crippen molar-refractivity contribution in [2.75, 3.05) is 43.4 Å². The molecule has 1 amide bonds.